The van der Waals surface area contributed by atoms with Crippen LogP contribution in [0.1, 0.15) is 37.3 Å². The molecule has 1 saturated carbocycles. The van der Waals surface area contributed by atoms with Crippen molar-refractivity contribution in [3.8, 4) is 5.75 Å². The number of anilines is 1. The third kappa shape index (κ3) is 5.65. The van der Waals surface area contributed by atoms with Gasteiger partial charge in [-0.25, -0.2) is 4.39 Å². The molecule has 0 bridgehead atoms. The van der Waals surface area contributed by atoms with Gasteiger partial charge in [-0.15, -0.1) is 0 Å². The van der Waals surface area contributed by atoms with E-state index in [9.17, 15) is 9.18 Å². The summed E-state index contributed by atoms with van der Waals surface area (Å²) >= 11 is 13.7. The van der Waals surface area contributed by atoms with Crippen molar-refractivity contribution in [2.24, 2.45) is 0 Å². The fraction of sp³-hybridized carbons (Fsp3) is 0.269. The summed E-state index contributed by atoms with van der Waals surface area (Å²) in [6.45, 7) is 2.12. The van der Waals surface area contributed by atoms with E-state index in [1.807, 2.05) is 30.3 Å². The second-order valence-electron chi connectivity index (χ2n) is 8.09. The first-order chi connectivity index (χ1) is 15.9. The Morgan fingerprint density at radius 2 is 1.85 bits per heavy atom. The monoisotopic (exact) mass is 504 g/mol. The van der Waals surface area contributed by atoms with E-state index in [0.29, 0.717) is 15.7 Å². The average molecular weight is 505 g/mol. The molecule has 1 fully saturated rings. The molecule has 0 atom stereocenters. The van der Waals surface area contributed by atoms with Crippen molar-refractivity contribution in [2.75, 3.05) is 11.1 Å². The van der Waals surface area contributed by atoms with Gasteiger partial charge < -0.3 is 10.1 Å². The van der Waals surface area contributed by atoms with Gasteiger partial charge in [0.15, 0.2) is 16.5 Å². The summed E-state index contributed by atoms with van der Waals surface area (Å²) in [4.78, 5) is 13.7. The van der Waals surface area contributed by atoms with Crippen LogP contribution in [-0.4, -0.2) is 11.7 Å². The van der Waals surface area contributed by atoms with Crippen molar-refractivity contribution in [1.82, 2.24) is 0 Å². The number of ether oxygens (including phenoxy) is 1. The molecule has 172 valence electrons. The van der Waals surface area contributed by atoms with Crippen LogP contribution >= 0.6 is 23.2 Å². The van der Waals surface area contributed by atoms with Crippen LogP contribution in [0.5, 0.6) is 5.75 Å². The van der Waals surface area contributed by atoms with Crippen molar-refractivity contribution < 1.29 is 13.9 Å². The Morgan fingerprint density at radius 3 is 2.45 bits per heavy atom. The quantitative estimate of drug-likeness (QED) is 0.265. The van der Waals surface area contributed by atoms with Gasteiger partial charge >= 0.3 is 0 Å². The van der Waals surface area contributed by atoms with E-state index in [-0.39, 0.29) is 18.1 Å². The van der Waals surface area contributed by atoms with E-state index < -0.39 is 11.4 Å². The fourth-order valence-corrected chi connectivity index (χ4v) is 5.25. The maximum Gasteiger partial charge on any atom is 0.228 e. The first-order valence-electron chi connectivity index (χ1n) is 10.9. The Balaban J connectivity index is 1.43. The fourth-order valence-electron chi connectivity index (χ4n) is 3.95. The first-order valence-corrected chi connectivity index (χ1v) is 12.7. The summed E-state index contributed by atoms with van der Waals surface area (Å²) in [5.74, 6) is 0.447. The van der Waals surface area contributed by atoms with Crippen LogP contribution in [0.25, 0.3) is 0 Å². The summed E-state index contributed by atoms with van der Waals surface area (Å²) < 4.78 is 21.0. The molecule has 0 heterocycles. The number of hydrogen-bond donors (Lipinski definition) is 1. The largest absolute Gasteiger partial charge is 0.479 e. The van der Waals surface area contributed by atoms with Crippen molar-refractivity contribution in [3.63, 3.8) is 0 Å². The third-order valence-corrected chi connectivity index (χ3v) is 7.27. The van der Waals surface area contributed by atoms with Gasteiger partial charge in [-0.05, 0) is 68.1 Å². The van der Waals surface area contributed by atoms with Gasteiger partial charge in [-0.2, -0.15) is 0 Å². The molecule has 1 amide bonds. The standard InChI is InChI=1S/C26H24Cl2FNO2S/c1-2-33-20-8-4-17(5-9-20)14-25(31)30-19-7-11-24(23(29)16-19)32-26(12-3-13-26)21-10-6-18(27)15-22(21)28/h4-11,15-16H,2-3,12-14H2,1H3,(H,30,31)/p+1. The van der Waals surface area contributed by atoms with Crippen LogP contribution in [0.3, 0.4) is 0 Å². The summed E-state index contributed by atoms with van der Waals surface area (Å²) in [6, 6.07) is 17.7. The summed E-state index contributed by atoms with van der Waals surface area (Å²) in [7, 11) is 0. The Bertz CT molecular complexity index is 1150. The highest BCUT2D eigenvalue weighted by Crippen LogP contribution is 2.48. The predicted molar refractivity (Wildman–Crippen MR) is 135 cm³/mol. The molecule has 3 nitrogen and oxygen atoms in total. The van der Waals surface area contributed by atoms with Gasteiger partial charge in [0.05, 0.1) is 6.42 Å². The average Bonchev–Trinajstić information content (AvgIpc) is 2.74. The Morgan fingerprint density at radius 1 is 1.09 bits per heavy atom. The minimum atomic E-state index is -0.670. The molecule has 1 N–H and O–H groups in total. The molecule has 7 heteroatoms. The molecule has 4 rings (SSSR count). The number of nitrogens with one attached hydrogen (secondary N) is 1. The number of benzene rings is 3. The van der Waals surface area contributed by atoms with Gasteiger partial charge in [0.25, 0.3) is 0 Å². The van der Waals surface area contributed by atoms with Gasteiger partial charge in [-0.3, -0.25) is 4.79 Å². The number of carbonyl (C=O) groups is 1. The number of amides is 1. The lowest BCUT2D eigenvalue weighted by Gasteiger charge is -2.42. The predicted octanol–water partition coefficient (Wildman–Crippen LogP) is 6.97. The van der Waals surface area contributed by atoms with Crippen molar-refractivity contribution in [3.05, 3.63) is 87.7 Å². The number of halogens is 3. The van der Waals surface area contributed by atoms with Gasteiger partial charge in [-0.1, -0.05) is 41.4 Å². The van der Waals surface area contributed by atoms with E-state index in [2.05, 4.69) is 12.2 Å². The van der Waals surface area contributed by atoms with Gasteiger partial charge in [0.1, 0.15) is 11.4 Å². The maximum atomic E-state index is 14.9. The Hall–Kier alpha value is -2.21. The number of carbonyl (C=O) groups excluding carboxylic acids is 1. The normalized spacial score (nSPS) is 14.4. The molecule has 0 spiro atoms. The lowest BCUT2D eigenvalue weighted by molar-refractivity contribution is -0.115. The third-order valence-electron chi connectivity index (χ3n) is 5.75. The van der Waals surface area contributed by atoms with E-state index in [4.69, 9.17) is 27.9 Å². The molecule has 1 aliphatic carbocycles. The molecule has 0 saturated heterocycles. The second kappa shape index (κ2) is 10.4. The summed E-state index contributed by atoms with van der Waals surface area (Å²) in [5.41, 5.74) is 1.44. The molecule has 1 aliphatic rings. The summed E-state index contributed by atoms with van der Waals surface area (Å²) in [5, 5.41) is 3.81. The van der Waals surface area contributed by atoms with Crippen LogP contribution in [0.15, 0.2) is 65.6 Å². The zero-order valence-corrected chi connectivity index (χ0v) is 20.6. The van der Waals surface area contributed by atoms with E-state index in [1.54, 1.807) is 24.3 Å². The first kappa shape index (κ1) is 23.9. The molecule has 0 radical (unpaired) electrons. The topological polar surface area (TPSA) is 38.3 Å². The highest BCUT2D eigenvalue weighted by Gasteiger charge is 2.43. The summed E-state index contributed by atoms with van der Waals surface area (Å²) in [6.07, 6.45) is 2.67. The van der Waals surface area contributed by atoms with E-state index in [0.717, 1.165) is 36.1 Å². The number of hydrogen-bond acceptors (Lipinski definition) is 2. The van der Waals surface area contributed by atoms with Crippen LogP contribution in [-0.2, 0) is 28.6 Å². The minimum Gasteiger partial charge on any atom is -0.479 e. The van der Waals surface area contributed by atoms with E-state index in [1.165, 1.54) is 22.7 Å². The van der Waals surface area contributed by atoms with Crippen LogP contribution in [0.4, 0.5) is 10.1 Å². The lowest BCUT2D eigenvalue weighted by atomic mass is 9.74. The Labute approximate surface area is 207 Å². The molecular weight excluding hydrogens is 480 g/mol. The van der Waals surface area contributed by atoms with Crippen LogP contribution < -0.4 is 10.1 Å². The molecular formula is C26H25Cl2FNO2S+. The molecule has 0 unspecified atom stereocenters. The highest BCUT2D eigenvalue weighted by molar-refractivity contribution is 7.78. The highest BCUT2D eigenvalue weighted by atomic mass is 35.5. The molecule has 3 aromatic carbocycles. The Kier molecular flexibility index (Phi) is 7.52. The van der Waals surface area contributed by atoms with Crippen molar-refractivity contribution in [1.29, 1.82) is 0 Å². The van der Waals surface area contributed by atoms with Crippen molar-refractivity contribution >= 4 is 46.6 Å². The molecule has 3 aromatic rings. The maximum absolute atomic E-state index is 14.9. The molecule has 0 aromatic heterocycles. The molecule has 33 heavy (non-hydrogen) atoms. The lowest BCUT2D eigenvalue weighted by Crippen LogP contribution is -2.40. The van der Waals surface area contributed by atoms with Crippen molar-refractivity contribution in [2.45, 2.75) is 43.1 Å². The molecule has 0 aliphatic heterocycles. The second-order valence-corrected chi connectivity index (χ2v) is 10.4. The number of rotatable bonds is 8. The van der Waals surface area contributed by atoms with Crippen LogP contribution in [0, 0.1) is 5.82 Å². The smallest absolute Gasteiger partial charge is 0.228 e. The van der Waals surface area contributed by atoms with Gasteiger partial charge in [0, 0.05) is 39.1 Å². The van der Waals surface area contributed by atoms with E-state index >= 15 is 0 Å². The zero-order valence-electron chi connectivity index (χ0n) is 18.2. The van der Waals surface area contributed by atoms with Gasteiger partial charge in [0.2, 0.25) is 5.91 Å². The SMILES string of the molecule is CC[SH+]c1ccc(CC(=O)Nc2ccc(OC3(c4ccc(Cl)cc4Cl)CCC3)c(F)c2)cc1. The number of thiol groups is 1. The minimum absolute atomic E-state index is 0.129. The zero-order chi connectivity index (χ0) is 23.4. The van der Waals surface area contributed by atoms with Crippen LogP contribution in [0.2, 0.25) is 10.0 Å².